The van der Waals surface area contributed by atoms with E-state index in [1.54, 1.807) is 11.0 Å². The molecule has 1 aliphatic heterocycles. The highest BCUT2D eigenvalue weighted by Crippen LogP contribution is 2.24. The summed E-state index contributed by atoms with van der Waals surface area (Å²) >= 11 is 0. The monoisotopic (exact) mass is 442 g/mol. The molecular weight excluding hydrogens is 416 g/mol. The van der Waals surface area contributed by atoms with Gasteiger partial charge in [-0.15, -0.1) is 0 Å². The predicted molar refractivity (Wildman–Crippen MR) is 127 cm³/mol. The lowest BCUT2D eigenvalue weighted by Gasteiger charge is -2.27. The molecule has 7 heteroatoms. The van der Waals surface area contributed by atoms with Gasteiger partial charge < -0.3 is 19.5 Å². The summed E-state index contributed by atoms with van der Waals surface area (Å²) in [7, 11) is 0. The number of fused-ring (bicyclic) bond motifs is 1. The quantitative estimate of drug-likeness (QED) is 0.467. The van der Waals surface area contributed by atoms with E-state index in [4.69, 9.17) is 4.74 Å². The first-order valence-electron chi connectivity index (χ1n) is 11.0. The number of nitrogens with one attached hydrogen (secondary N) is 1. The van der Waals surface area contributed by atoms with Crippen LogP contribution < -0.4 is 5.32 Å². The fourth-order valence-corrected chi connectivity index (χ4v) is 3.91. The van der Waals surface area contributed by atoms with Crippen molar-refractivity contribution in [2.24, 2.45) is 0 Å². The standard InChI is InChI=1S/C26H26N4O3/c1-2-19-7-9-22(10-8-19)28-26(32)20(16-27)15-21-17-30(24-6-4-3-5-23(21)24)18-25(31)29-11-13-33-14-12-29/h3-10,15,17H,2,11-14,18H2,1H3,(H,28,32)/b20-15-. The van der Waals surface area contributed by atoms with E-state index in [0.717, 1.165) is 17.3 Å². The summed E-state index contributed by atoms with van der Waals surface area (Å²) in [4.78, 5) is 27.3. The molecule has 0 aliphatic carbocycles. The number of rotatable bonds is 6. The molecule has 0 bridgehead atoms. The molecular formula is C26H26N4O3. The van der Waals surface area contributed by atoms with Crippen molar-refractivity contribution in [3.63, 3.8) is 0 Å². The Hall–Kier alpha value is -3.89. The van der Waals surface area contributed by atoms with Gasteiger partial charge in [0.05, 0.1) is 13.2 Å². The summed E-state index contributed by atoms with van der Waals surface area (Å²) in [6.07, 6.45) is 4.31. The van der Waals surface area contributed by atoms with Crippen LogP contribution in [0.3, 0.4) is 0 Å². The molecule has 2 heterocycles. The van der Waals surface area contributed by atoms with Gasteiger partial charge in [-0.25, -0.2) is 0 Å². The maximum atomic E-state index is 12.8. The second-order valence-electron chi connectivity index (χ2n) is 7.90. The fourth-order valence-electron chi connectivity index (χ4n) is 3.91. The molecule has 1 N–H and O–H groups in total. The molecule has 1 saturated heterocycles. The Morgan fingerprint density at radius 3 is 2.55 bits per heavy atom. The van der Waals surface area contributed by atoms with Gasteiger partial charge >= 0.3 is 0 Å². The maximum Gasteiger partial charge on any atom is 0.266 e. The Balaban J connectivity index is 1.58. The van der Waals surface area contributed by atoms with E-state index in [1.165, 1.54) is 5.56 Å². The Kier molecular flexibility index (Phi) is 6.86. The van der Waals surface area contributed by atoms with Gasteiger partial charge in [-0.1, -0.05) is 37.3 Å². The number of nitrogens with zero attached hydrogens (tertiary/aromatic N) is 3. The second kappa shape index (κ2) is 10.2. The van der Waals surface area contributed by atoms with E-state index < -0.39 is 5.91 Å². The number of nitriles is 1. The van der Waals surface area contributed by atoms with Gasteiger partial charge in [0.25, 0.3) is 5.91 Å². The average molecular weight is 443 g/mol. The smallest absolute Gasteiger partial charge is 0.266 e. The summed E-state index contributed by atoms with van der Waals surface area (Å²) in [6, 6.07) is 17.2. The minimum Gasteiger partial charge on any atom is -0.378 e. The Bertz CT molecular complexity index is 1230. The molecule has 1 aliphatic rings. The molecule has 0 unspecified atom stereocenters. The number of para-hydroxylation sites is 1. The molecule has 0 saturated carbocycles. The van der Waals surface area contributed by atoms with E-state index in [2.05, 4.69) is 12.2 Å². The summed E-state index contributed by atoms with van der Waals surface area (Å²) in [5.74, 6) is -0.452. The zero-order valence-corrected chi connectivity index (χ0v) is 18.6. The molecule has 0 atom stereocenters. The molecule has 0 spiro atoms. The normalized spacial score (nSPS) is 14.2. The van der Waals surface area contributed by atoms with Crippen LogP contribution in [0.1, 0.15) is 18.1 Å². The van der Waals surface area contributed by atoms with Crippen LogP contribution in [-0.4, -0.2) is 47.6 Å². The molecule has 1 aromatic heterocycles. The summed E-state index contributed by atoms with van der Waals surface area (Å²) in [6.45, 7) is 4.52. The first kappa shape index (κ1) is 22.3. The highest BCUT2D eigenvalue weighted by Gasteiger charge is 2.19. The number of carbonyl (C=O) groups excluding carboxylic acids is 2. The molecule has 7 nitrogen and oxygen atoms in total. The summed E-state index contributed by atoms with van der Waals surface area (Å²) < 4.78 is 7.20. The van der Waals surface area contributed by atoms with E-state index >= 15 is 0 Å². The molecule has 2 amide bonds. The van der Waals surface area contributed by atoms with Crippen molar-refractivity contribution in [3.8, 4) is 6.07 Å². The minimum absolute atomic E-state index is 0.00280. The first-order valence-corrected chi connectivity index (χ1v) is 11.0. The van der Waals surface area contributed by atoms with Crippen LogP contribution in [0.5, 0.6) is 0 Å². The molecule has 33 heavy (non-hydrogen) atoms. The van der Waals surface area contributed by atoms with Gasteiger partial charge in [0.1, 0.15) is 18.2 Å². The third-order valence-electron chi connectivity index (χ3n) is 5.77. The molecule has 1 fully saturated rings. The minimum atomic E-state index is -0.469. The lowest BCUT2D eigenvalue weighted by atomic mass is 10.1. The number of benzene rings is 2. The molecule has 4 rings (SSSR count). The Morgan fingerprint density at radius 2 is 1.85 bits per heavy atom. The maximum absolute atomic E-state index is 12.8. The van der Waals surface area contributed by atoms with Gasteiger partial charge in [-0.2, -0.15) is 5.26 Å². The van der Waals surface area contributed by atoms with Crippen LogP contribution in [0.4, 0.5) is 5.69 Å². The van der Waals surface area contributed by atoms with E-state index in [9.17, 15) is 14.9 Å². The largest absolute Gasteiger partial charge is 0.378 e. The number of hydrogen-bond donors (Lipinski definition) is 1. The van der Waals surface area contributed by atoms with Crippen molar-refractivity contribution in [1.82, 2.24) is 9.47 Å². The van der Waals surface area contributed by atoms with E-state index in [0.29, 0.717) is 37.6 Å². The molecule has 2 aromatic carbocycles. The van der Waals surface area contributed by atoms with Crippen LogP contribution in [0.25, 0.3) is 17.0 Å². The lowest BCUT2D eigenvalue weighted by Crippen LogP contribution is -2.42. The third kappa shape index (κ3) is 5.13. The highest BCUT2D eigenvalue weighted by atomic mass is 16.5. The van der Waals surface area contributed by atoms with Gasteiger partial charge in [0.2, 0.25) is 5.91 Å². The lowest BCUT2D eigenvalue weighted by molar-refractivity contribution is -0.135. The zero-order chi connectivity index (χ0) is 23.2. The van der Waals surface area contributed by atoms with Gasteiger partial charge in [-0.3, -0.25) is 9.59 Å². The van der Waals surface area contributed by atoms with Crippen molar-refractivity contribution in [2.75, 3.05) is 31.6 Å². The number of carbonyl (C=O) groups is 2. The molecule has 3 aromatic rings. The first-order chi connectivity index (χ1) is 16.1. The number of morpholine rings is 1. The number of amides is 2. The highest BCUT2D eigenvalue weighted by molar-refractivity contribution is 6.10. The van der Waals surface area contributed by atoms with Gasteiger partial charge in [-0.05, 0) is 36.3 Å². The van der Waals surface area contributed by atoms with Crippen molar-refractivity contribution in [1.29, 1.82) is 5.26 Å². The van der Waals surface area contributed by atoms with E-state index in [1.807, 2.05) is 65.4 Å². The van der Waals surface area contributed by atoms with Crippen molar-refractivity contribution in [2.45, 2.75) is 19.9 Å². The van der Waals surface area contributed by atoms with Crippen LogP contribution in [-0.2, 0) is 27.3 Å². The second-order valence-corrected chi connectivity index (χ2v) is 7.90. The van der Waals surface area contributed by atoms with Gasteiger partial charge in [0, 0.05) is 41.4 Å². The van der Waals surface area contributed by atoms with Crippen LogP contribution >= 0.6 is 0 Å². The Morgan fingerprint density at radius 1 is 1.12 bits per heavy atom. The number of ether oxygens (including phenoxy) is 1. The predicted octanol–water partition coefficient (Wildman–Crippen LogP) is 3.61. The Labute approximate surface area is 192 Å². The topological polar surface area (TPSA) is 87.4 Å². The SMILES string of the molecule is CCc1ccc(NC(=O)/C(C#N)=C\c2cn(CC(=O)N3CCOCC3)c3ccccc23)cc1. The van der Waals surface area contributed by atoms with Crippen LogP contribution in [0.2, 0.25) is 0 Å². The fraction of sp³-hybridized carbons (Fsp3) is 0.269. The number of anilines is 1. The number of aromatic nitrogens is 1. The average Bonchev–Trinajstić information content (AvgIpc) is 3.20. The van der Waals surface area contributed by atoms with Gasteiger partial charge in [0.15, 0.2) is 0 Å². The van der Waals surface area contributed by atoms with Crippen LogP contribution in [0, 0.1) is 11.3 Å². The summed E-state index contributed by atoms with van der Waals surface area (Å²) in [5, 5.41) is 13.3. The third-order valence-corrected chi connectivity index (χ3v) is 5.77. The van der Waals surface area contributed by atoms with Crippen LogP contribution in [0.15, 0.2) is 60.3 Å². The molecule has 168 valence electrons. The van der Waals surface area contributed by atoms with Crippen molar-refractivity contribution < 1.29 is 14.3 Å². The zero-order valence-electron chi connectivity index (χ0n) is 18.6. The number of aryl methyl sites for hydroxylation is 1. The molecule has 0 radical (unpaired) electrons. The number of hydrogen-bond acceptors (Lipinski definition) is 4. The van der Waals surface area contributed by atoms with Crippen molar-refractivity contribution >= 4 is 34.5 Å². The summed E-state index contributed by atoms with van der Waals surface area (Å²) in [5.41, 5.74) is 3.39. The van der Waals surface area contributed by atoms with Crippen molar-refractivity contribution in [3.05, 3.63) is 71.4 Å². The van der Waals surface area contributed by atoms with E-state index in [-0.39, 0.29) is 18.0 Å².